The van der Waals surface area contributed by atoms with E-state index in [2.05, 4.69) is 0 Å². The fourth-order valence-corrected chi connectivity index (χ4v) is 4.13. The number of carbonyl (C=O) groups is 2. The first-order valence-corrected chi connectivity index (χ1v) is 10.8. The fraction of sp³-hybridized carbons (Fsp3) is 0.360. The van der Waals surface area contributed by atoms with Crippen molar-refractivity contribution < 1.29 is 24.2 Å². The fourth-order valence-electron chi connectivity index (χ4n) is 4.13. The Morgan fingerprint density at radius 3 is 2.66 bits per heavy atom. The third-order valence-electron chi connectivity index (χ3n) is 5.77. The number of nitrogens with zero attached hydrogens (tertiary/aromatic N) is 2. The Balaban J connectivity index is 1.78. The van der Waals surface area contributed by atoms with E-state index in [1.807, 2.05) is 56.1 Å². The Morgan fingerprint density at radius 1 is 1.19 bits per heavy atom. The van der Waals surface area contributed by atoms with Gasteiger partial charge < -0.3 is 24.4 Å². The molecule has 2 heterocycles. The number of aliphatic hydroxyl groups is 1. The molecule has 0 aromatic heterocycles. The summed E-state index contributed by atoms with van der Waals surface area (Å²) in [4.78, 5) is 29.5. The number of likely N-dealkylation sites (N-methyl/N-ethyl adjacent to an activating group) is 1. The largest absolute Gasteiger partial charge is 0.507 e. The van der Waals surface area contributed by atoms with E-state index in [1.54, 1.807) is 18.2 Å². The molecular formula is C25H28N2O5. The number of hydrogen-bond acceptors (Lipinski definition) is 6. The lowest BCUT2D eigenvalue weighted by atomic mass is 9.95. The predicted molar refractivity (Wildman–Crippen MR) is 122 cm³/mol. The quantitative estimate of drug-likeness (QED) is 0.425. The van der Waals surface area contributed by atoms with Crippen LogP contribution in [0.3, 0.4) is 0 Å². The zero-order valence-electron chi connectivity index (χ0n) is 18.6. The minimum atomic E-state index is -0.691. The van der Waals surface area contributed by atoms with Crippen molar-refractivity contribution in [2.45, 2.75) is 26.0 Å². The van der Waals surface area contributed by atoms with Crippen LogP contribution in [0.15, 0.2) is 54.1 Å². The monoisotopic (exact) mass is 436 g/mol. The molecule has 1 atom stereocenters. The van der Waals surface area contributed by atoms with E-state index >= 15 is 0 Å². The molecule has 2 aromatic rings. The zero-order valence-corrected chi connectivity index (χ0v) is 18.6. The van der Waals surface area contributed by atoms with Crippen molar-refractivity contribution >= 4 is 23.1 Å². The van der Waals surface area contributed by atoms with Crippen molar-refractivity contribution in [3.05, 3.63) is 65.2 Å². The first-order chi connectivity index (χ1) is 15.4. The van der Waals surface area contributed by atoms with Crippen molar-refractivity contribution in [3.8, 4) is 5.75 Å². The number of ketones is 1. The van der Waals surface area contributed by atoms with Gasteiger partial charge in [0.15, 0.2) is 0 Å². The maximum atomic E-state index is 13.1. The summed E-state index contributed by atoms with van der Waals surface area (Å²) < 4.78 is 11.3. The number of hydrogen-bond donors (Lipinski definition) is 1. The molecule has 2 aromatic carbocycles. The van der Waals surface area contributed by atoms with Crippen molar-refractivity contribution in [2.24, 2.45) is 0 Å². The van der Waals surface area contributed by atoms with E-state index in [4.69, 9.17) is 9.47 Å². The van der Waals surface area contributed by atoms with E-state index in [0.29, 0.717) is 18.8 Å². The highest BCUT2D eigenvalue weighted by Gasteiger charge is 2.45. The number of rotatable bonds is 6. The topological polar surface area (TPSA) is 79.3 Å². The number of benzene rings is 2. The lowest BCUT2D eigenvalue weighted by Crippen LogP contribution is -2.33. The summed E-state index contributed by atoms with van der Waals surface area (Å²) in [6, 6.07) is 13.9. The summed E-state index contributed by atoms with van der Waals surface area (Å²) in [6.07, 6.45) is 0.0108. The first kappa shape index (κ1) is 21.9. The second-order valence-electron chi connectivity index (χ2n) is 8.28. The van der Waals surface area contributed by atoms with Gasteiger partial charge in [0, 0.05) is 19.2 Å². The average molecular weight is 437 g/mol. The van der Waals surface area contributed by atoms with Crippen LogP contribution in [-0.4, -0.2) is 61.2 Å². The van der Waals surface area contributed by atoms with Gasteiger partial charge in [0.25, 0.3) is 11.7 Å². The van der Waals surface area contributed by atoms with Gasteiger partial charge in [-0.3, -0.25) is 9.59 Å². The van der Waals surface area contributed by atoms with Gasteiger partial charge in [0.05, 0.1) is 36.6 Å². The highest BCUT2D eigenvalue weighted by molar-refractivity contribution is 6.46. The molecule has 1 saturated heterocycles. The molecule has 0 spiro atoms. The molecule has 32 heavy (non-hydrogen) atoms. The molecule has 0 saturated carbocycles. The lowest BCUT2D eigenvalue weighted by Gasteiger charge is -2.28. The van der Waals surface area contributed by atoms with Crippen LogP contribution >= 0.6 is 0 Å². The number of aliphatic hydroxyl groups excluding tert-OH is 1. The smallest absolute Gasteiger partial charge is 0.295 e. The van der Waals surface area contributed by atoms with Crippen LogP contribution in [-0.2, 0) is 14.3 Å². The zero-order chi connectivity index (χ0) is 22.8. The molecule has 2 aliphatic rings. The molecule has 0 bridgehead atoms. The highest BCUT2D eigenvalue weighted by atomic mass is 16.5. The summed E-state index contributed by atoms with van der Waals surface area (Å²) in [5, 5.41) is 11.2. The summed E-state index contributed by atoms with van der Waals surface area (Å²) in [5.41, 5.74) is 2.15. The van der Waals surface area contributed by atoms with Gasteiger partial charge in [-0.15, -0.1) is 0 Å². The van der Waals surface area contributed by atoms with Crippen molar-refractivity contribution in [1.82, 2.24) is 4.90 Å². The molecule has 4 rings (SSSR count). The van der Waals surface area contributed by atoms with Crippen molar-refractivity contribution in [1.29, 1.82) is 0 Å². The molecule has 168 valence electrons. The summed E-state index contributed by atoms with van der Waals surface area (Å²) in [5.74, 6) is -0.790. The number of carbonyl (C=O) groups excluding carboxylic acids is 2. The molecule has 0 aliphatic carbocycles. The minimum absolute atomic E-state index is 0.0108. The molecule has 1 N–H and O–H groups in total. The van der Waals surface area contributed by atoms with Gasteiger partial charge in [0.1, 0.15) is 18.1 Å². The summed E-state index contributed by atoms with van der Waals surface area (Å²) >= 11 is 0. The van der Waals surface area contributed by atoms with E-state index in [-0.39, 0.29) is 24.0 Å². The third-order valence-corrected chi connectivity index (χ3v) is 5.77. The Kier molecular flexibility index (Phi) is 6.19. The van der Waals surface area contributed by atoms with E-state index < -0.39 is 17.7 Å². The number of likely N-dealkylation sites (tertiary alicyclic amines) is 1. The SMILES string of the molecule is CC(C)OCCN1C(=O)C(=O)/C(=C(\O)c2ccc3c(c2)N(C)CCO3)C1c1ccccc1. The Bertz CT molecular complexity index is 1050. The molecule has 2 aliphatic heterocycles. The van der Waals surface area contributed by atoms with Gasteiger partial charge in [-0.2, -0.15) is 0 Å². The number of ether oxygens (including phenoxy) is 2. The molecule has 7 nitrogen and oxygen atoms in total. The van der Waals surface area contributed by atoms with Crippen LogP contribution in [0.1, 0.15) is 31.0 Å². The molecule has 1 amide bonds. The summed E-state index contributed by atoms with van der Waals surface area (Å²) in [7, 11) is 1.95. The second kappa shape index (κ2) is 9.04. The standard InChI is InChI=1S/C25H28N2O5/c1-16(2)31-14-12-27-22(17-7-5-4-6-8-17)21(24(29)25(27)30)23(28)18-9-10-20-19(15-18)26(3)11-13-32-20/h4-10,15-16,22,28H,11-14H2,1-3H3/b23-21-. The van der Waals surface area contributed by atoms with Gasteiger partial charge in [-0.1, -0.05) is 30.3 Å². The number of anilines is 1. The highest BCUT2D eigenvalue weighted by Crippen LogP contribution is 2.40. The Morgan fingerprint density at radius 2 is 1.94 bits per heavy atom. The Hall–Kier alpha value is -3.32. The van der Waals surface area contributed by atoms with Crippen LogP contribution in [0.5, 0.6) is 5.75 Å². The van der Waals surface area contributed by atoms with E-state index in [9.17, 15) is 14.7 Å². The number of fused-ring (bicyclic) bond motifs is 1. The number of amides is 1. The van der Waals surface area contributed by atoms with Gasteiger partial charge in [0.2, 0.25) is 0 Å². The predicted octanol–water partition coefficient (Wildman–Crippen LogP) is 3.36. The maximum Gasteiger partial charge on any atom is 0.295 e. The minimum Gasteiger partial charge on any atom is -0.507 e. The Labute approximate surface area is 187 Å². The molecule has 0 radical (unpaired) electrons. The number of Topliss-reactive ketones (excluding diaryl/α,β-unsaturated/α-hetero) is 1. The van der Waals surface area contributed by atoms with E-state index in [1.165, 1.54) is 4.90 Å². The van der Waals surface area contributed by atoms with E-state index in [0.717, 1.165) is 23.5 Å². The molecule has 1 unspecified atom stereocenters. The van der Waals surface area contributed by atoms with Crippen LogP contribution in [0.4, 0.5) is 5.69 Å². The second-order valence-corrected chi connectivity index (χ2v) is 8.28. The normalized spacial score (nSPS) is 19.9. The molecular weight excluding hydrogens is 408 g/mol. The van der Waals surface area contributed by atoms with Gasteiger partial charge in [-0.25, -0.2) is 0 Å². The van der Waals surface area contributed by atoms with Crippen LogP contribution in [0, 0.1) is 0 Å². The average Bonchev–Trinajstić information content (AvgIpc) is 3.04. The van der Waals surface area contributed by atoms with Gasteiger partial charge in [-0.05, 0) is 37.6 Å². The van der Waals surface area contributed by atoms with Crippen molar-refractivity contribution in [2.75, 3.05) is 38.3 Å². The van der Waals surface area contributed by atoms with Crippen molar-refractivity contribution in [3.63, 3.8) is 0 Å². The third kappa shape index (κ3) is 4.08. The molecule has 7 heteroatoms. The van der Waals surface area contributed by atoms with Crippen LogP contribution in [0.2, 0.25) is 0 Å². The molecule has 1 fully saturated rings. The van der Waals surface area contributed by atoms with Gasteiger partial charge >= 0.3 is 0 Å². The lowest BCUT2D eigenvalue weighted by molar-refractivity contribution is -0.140. The van der Waals surface area contributed by atoms with Crippen LogP contribution < -0.4 is 9.64 Å². The maximum absolute atomic E-state index is 13.1. The first-order valence-electron chi connectivity index (χ1n) is 10.8. The van der Waals surface area contributed by atoms with Crippen LogP contribution in [0.25, 0.3) is 5.76 Å². The summed E-state index contributed by atoms with van der Waals surface area (Å²) in [6.45, 7) is 5.70.